The van der Waals surface area contributed by atoms with Crippen molar-refractivity contribution >= 4 is 0 Å². The molecule has 20 atom stereocenters. The Morgan fingerprint density at radius 3 is 0.913 bits per heavy atom. The van der Waals surface area contributed by atoms with E-state index in [-0.39, 0.29) is 0 Å². The molecule has 0 amide bonds. The molecular formula is C24H44O22. The van der Waals surface area contributed by atoms with Gasteiger partial charge in [-0.2, -0.15) is 0 Å². The molecule has 0 unspecified atom stereocenters. The van der Waals surface area contributed by atoms with E-state index in [0.29, 0.717) is 0 Å². The number of aliphatic hydroxyl groups excluding tert-OH is 16. The van der Waals surface area contributed by atoms with Crippen molar-refractivity contribution in [3.63, 3.8) is 0 Å². The molecule has 0 spiro atoms. The Morgan fingerprint density at radius 1 is 0.326 bits per heavy atom. The Kier molecular flexibility index (Phi) is 14.8. The maximum Gasteiger partial charge on any atom is 0.187 e. The third-order valence-corrected chi connectivity index (χ3v) is 7.96. The SMILES string of the molecule is OC[C@H]1O[C@@H](O[C@H]2[C@H](O)[C@@H](O)[C@H](O)O[C@@H]2CO)[C@H](O)[C@@H](O)[C@H]1O.OC[C@H]1O[C@@H](O[C@H]2[C@H](O)[C@@H](O)[C@H](O)O[C@@H]2CO)[C@H](O)[C@@H](O)[C@H]1O. The van der Waals surface area contributed by atoms with Crippen LogP contribution in [-0.2, 0) is 28.4 Å². The Bertz CT molecular complexity index is 826. The highest BCUT2D eigenvalue weighted by molar-refractivity contribution is 4.95. The summed E-state index contributed by atoms with van der Waals surface area (Å²) >= 11 is 0. The maximum absolute atomic E-state index is 9.94. The number of hydrogen-bond acceptors (Lipinski definition) is 22. The van der Waals surface area contributed by atoms with Gasteiger partial charge in [0.25, 0.3) is 0 Å². The van der Waals surface area contributed by atoms with Gasteiger partial charge in [-0.25, -0.2) is 0 Å². The minimum atomic E-state index is -1.74. The lowest BCUT2D eigenvalue weighted by Gasteiger charge is -2.45. The van der Waals surface area contributed by atoms with Crippen LogP contribution in [0.25, 0.3) is 0 Å². The standard InChI is InChI=1S/2C12H22O11/c2*13-1-3-5(15)6(16)9(19)12(22-3)23-10-4(2-14)21-11(20)8(18)7(10)17/h2*3-20H,1-2H2/t2*3-,4-,5+,6+,7-,8-,9-,10-,11-,12+/m11/s1. The largest absolute Gasteiger partial charge is 0.394 e. The number of rotatable bonds is 8. The number of aliphatic hydroxyl groups is 16. The molecular weight excluding hydrogens is 640 g/mol. The molecule has 4 saturated heterocycles. The van der Waals surface area contributed by atoms with Gasteiger partial charge in [-0.05, 0) is 0 Å². The molecule has 4 rings (SSSR count). The summed E-state index contributed by atoms with van der Waals surface area (Å²) in [6, 6.07) is 0. The van der Waals surface area contributed by atoms with Crippen LogP contribution in [0.2, 0.25) is 0 Å². The van der Waals surface area contributed by atoms with Crippen molar-refractivity contribution in [2.75, 3.05) is 26.4 Å². The van der Waals surface area contributed by atoms with E-state index in [2.05, 4.69) is 0 Å². The lowest BCUT2D eigenvalue weighted by molar-refractivity contribution is -0.355. The Hall–Kier alpha value is -0.880. The normalized spacial score (nSPS) is 51.7. The highest BCUT2D eigenvalue weighted by Crippen LogP contribution is 2.30. The molecule has 0 bridgehead atoms. The van der Waals surface area contributed by atoms with Gasteiger partial charge in [0.15, 0.2) is 25.2 Å². The van der Waals surface area contributed by atoms with E-state index in [1.807, 2.05) is 0 Å². The fourth-order valence-corrected chi connectivity index (χ4v) is 5.14. The summed E-state index contributed by atoms with van der Waals surface area (Å²) in [5, 5.41) is 153. The molecule has 0 radical (unpaired) electrons. The molecule has 0 aromatic carbocycles. The number of ether oxygens (including phenoxy) is 6. The van der Waals surface area contributed by atoms with Crippen molar-refractivity contribution in [2.45, 2.75) is 123 Å². The zero-order valence-electron chi connectivity index (χ0n) is 24.0. The molecule has 4 heterocycles. The van der Waals surface area contributed by atoms with Crippen LogP contribution in [0, 0.1) is 0 Å². The topological polar surface area (TPSA) is 379 Å². The first-order valence-electron chi connectivity index (χ1n) is 14.2. The summed E-state index contributed by atoms with van der Waals surface area (Å²) in [5.74, 6) is 0. The van der Waals surface area contributed by atoms with E-state index < -0.39 is 149 Å². The van der Waals surface area contributed by atoms with Crippen LogP contribution in [0.4, 0.5) is 0 Å². The summed E-state index contributed by atoms with van der Waals surface area (Å²) in [6.45, 7) is -2.69. The molecule has 0 saturated carbocycles. The van der Waals surface area contributed by atoms with Crippen molar-refractivity contribution in [3.8, 4) is 0 Å². The second-order valence-corrected chi connectivity index (χ2v) is 11.1. The third kappa shape index (κ3) is 8.45. The fraction of sp³-hybridized carbons (Fsp3) is 1.00. The van der Waals surface area contributed by atoms with E-state index in [9.17, 15) is 71.5 Å². The number of hydrogen-bond donors (Lipinski definition) is 16. The van der Waals surface area contributed by atoms with E-state index in [0.717, 1.165) is 0 Å². The maximum atomic E-state index is 9.94. The van der Waals surface area contributed by atoms with E-state index in [1.165, 1.54) is 0 Å². The summed E-state index contributed by atoms with van der Waals surface area (Å²) in [4.78, 5) is 0. The first-order chi connectivity index (χ1) is 21.6. The zero-order valence-corrected chi connectivity index (χ0v) is 24.0. The van der Waals surface area contributed by atoms with Crippen LogP contribution in [0.1, 0.15) is 0 Å². The second-order valence-electron chi connectivity index (χ2n) is 11.1. The molecule has 4 aliphatic heterocycles. The molecule has 22 nitrogen and oxygen atoms in total. The van der Waals surface area contributed by atoms with E-state index in [1.54, 1.807) is 0 Å². The average Bonchev–Trinajstić information content (AvgIpc) is 3.05. The second kappa shape index (κ2) is 17.2. The van der Waals surface area contributed by atoms with Gasteiger partial charge >= 0.3 is 0 Å². The predicted octanol–water partition coefficient (Wildman–Crippen LogP) is -10.8. The quantitative estimate of drug-likeness (QED) is 0.113. The lowest BCUT2D eigenvalue weighted by Crippen LogP contribution is -2.64. The Morgan fingerprint density at radius 2 is 0.630 bits per heavy atom. The van der Waals surface area contributed by atoms with Gasteiger partial charge in [0.2, 0.25) is 0 Å². The van der Waals surface area contributed by atoms with Crippen LogP contribution in [0.15, 0.2) is 0 Å². The predicted molar refractivity (Wildman–Crippen MR) is 137 cm³/mol. The Balaban J connectivity index is 0.000000250. The fourth-order valence-electron chi connectivity index (χ4n) is 5.14. The van der Waals surface area contributed by atoms with Crippen LogP contribution in [0.3, 0.4) is 0 Å². The molecule has 0 aliphatic carbocycles. The smallest absolute Gasteiger partial charge is 0.187 e. The van der Waals surface area contributed by atoms with Crippen molar-refractivity contribution in [1.82, 2.24) is 0 Å². The van der Waals surface area contributed by atoms with Gasteiger partial charge in [0, 0.05) is 0 Å². The molecule has 0 aromatic rings. The van der Waals surface area contributed by atoms with Gasteiger partial charge in [0.05, 0.1) is 26.4 Å². The zero-order chi connectivity index (χ0) is 34.6. The molecule has 22 heteroatoms. The van der Waals surface area contributed by atoms with E-state index >= 15 is 0 Å². The van der Waals surface area contributed by atoms with Crippen LogP contribution >= 0.6 is 0 Å². The van der Waals surface area contributed by atoms with Crippen molar-refractivity contribution in [1.29, 1.82) is 0 Å². The monoisotopic (exact) mass is 684 g/mol. The summed E-state index contributed by atoms with van der Waals surface area (Å²) in [5.41, 5.74) is 0. The molecule has 46 heavy (non-hydrogen) atoms. The van der Waals surface area contributed by atoms with Crippen molar-refractivity contribution in [3.05, 3.63) is 0 Å². The van der Waals surface area contributed by atoms with Gasteiger partial charge in [-0.3, -0.25) is 0 Å². The van der Waals surface area contributed by atoms with Gasteiger partial charge in [0.1, 0.15) is 97.7 Å². The first-order valence-corrected chi connectivity index (χ1v) is 14.2. The van der Waals surface area contributed by atoms with Gasteiger partial charge in [-0.1, -0.05) is 0 Å². The first kappa shape index (κ1) is 39.6. The highest BCUT2D eigenvalue weighted by Gasteiger charge is 2.51. The summed E-state index contributed by atoms with van der Waals surface area (Å²) < 4.78 is 30.5. The van der Waals surface area contributed by atoms with Gasteiger partial charge < -0.3 is 110 Å². The molecule has 4 aliphatic rings. The highest BCUT2D eigenvalue weighted by atomic mass is 16.7. The molecule has 16 N–H and O–H groups in total. The van der Waals surface area contributed by atoms with E-state index in [4.69, 9.17) is 38.6 Å². The van der Waals surface area contributed by atoms with Crippen LogP contribution in [-0.4, -0.2) is 231 Å². The molecule has 0 aromatic heterocycles. The summed E-state index contributed by atoms with van der Waals surface area (Å²) in [6.07, 6.45) is -31.1. The molecule has 4 fully saturated rings. The minimum absolute atomic E-state index is 0.667. The minimum Gasteiger partial charge on any atom is -0.394 e. The van der Waals surface area contributed by atoms with Crippen LogP contribution in [0.5, 0.6) is 0 Å². The lowest BCUT2D eigenvalue weighted by atomic mass is 9.97. The van der Waals surface area contributed by atoms with Crippen molar-refractivity contribution in [2.24, 2.45) is 0 Å². The van der Waals surface area contributed by atoms with Gasteiger partial charge in [-0.15, -0.1) is 0 Å². The van der Waals surface area contributed by atoms with Crippen molar-refractivity contribution < 1.29 is 110 Å². The molecule has 272 valence electrons. The Labute approximate surface area is 260 Å². The third-order valence-electron chi connectivity index (χ3n) is 7.96. The van der Waals surface area contributed by atoms with Crippen LogP contribution < -0.4 is 0 Å². The average molecular weight is 685 g/mol. The summed E-state index contributed by atoms with van der Waals surface area (Å²) in [7, 11) is 0.